The van der Waals surface area contributed by atoms with Crippen molar-refractivity contribution in [1.29, 1.82) is 0 Å². The predicted molar refractivity (Wildman–Crippen MR) is 145 cm³/mol. The van der Waals surface area contributed by atoms with Crippen LogP contribution in [0.2, 0.25) is 5.02 Å². The van der Waals surface area contributed by atoms with Crippen molar-refractivity contribution in [2.45, 2.75) is 58.2 Å². The van der Waals surface area contributed by atoms with Gasteiger partial charge in [-0.05, 0) is 55.5 Å². The number of carbonyl (C=O) groups excluding carboxylic acids is 2. The van der Waals surface area contributed by atoms with Gasteiger partial charge in [0.1, 0.15) is 18.0 Å². The Morgan fingerprint density at radius 2 is 1.78 bits per heavy atom. The number of carbonyl (C=O) groups is 2. The minimum absolute atomic E-state index is 0.0253. The molecule has 2 heterocycles. The maximum absolute atomic E-state index is 13.5. The van der Waals surface area contributed by atoms with Gasteiger partial charge in [0, 0.05) is 50.7 Å². The van der Waals surface area contributed by atoms with Crippen LogP contribution < -0.4 is 10.1 Å². The number of rotatable bonds is 8. The summed E-state index contributed by atoms with van der Waals surface area (Å²) < 4.78 is 12.7. The second-order valence-corrected chi connectivity index (χ2v) is 10.8. The van der Waals surface area contributed by atoms with Crippen LogP contribution in [0, 0.1) is 13.8 Å². The topological polar surface area (TPSA) is 71.1 Å². The Morgan fingerprint density at radius 1 is 1.11 bits per heavy atom. The number of nitrogens with zero attached hydrogens (tertiary/aromatic N) is 2. The quantitative estimate of drug-likeness (QED) is 0.559. The zero-order valence-electron chi connectivity index (χ0n) is 22.1. The van der Waals surface area contributed by atoms with Crippen molar-refractivity contribution in [3.05, 3.63) is 64.2 Å². The Morgan fingerprint density at radius 3 is 2.43 bits per heavy atom. The van der Waals surface area contributed by atoms with Crippen LogP contribution >= 0.6 is 11.6 Å². The number of amides is 2. The summed E-state index contributed by atoms with van der Waals surface area (Å²) in [4.78, 5) is 29.1. The number of halogens is 1. The molecule has 2 aromatic rings. The van der Waals surface area contributed by atoms with Crippen molar-refractivity contribution in [1.82, 2.24) is 15.1 Å². The molecule has 0 bridgehead atoms. The summed E-state index contributed by atoms with van der Waals surface area (Å²) in [6, 6.07) is 14.4. The standard InChI is InChI=1S/C29H38ClN3O4/c1-21-15-26(16-22(2)28(21)30)36-20-29(17-27(35)33-11-9-25(10-12-33)31-23(3)34)19-32(13-14-37-29)18-24-7-5-4-6-8-24/h4-8,15-16,25H,9-14,17-20H2,1-3H3,(H,31,34). The van der Waals surface area contributed by atoms with Crippen LogP contribution in [0.5, 0.6) is 5.75 Å². The van der Waals surface area contributed by atoms with Gasteiger partial charge < -0.3 is 19.7 Å². The van der Waals surface area contributed by atoms with Crippen molar-refractivity contribution >= 4 is 23.4 Å². The summed E-state index contributed by atoms with van der Waals surface area (Å²) >= 11 is 6.35. The first-order valence-corrected chi connectivity index (χ1v) is 13.5. The van der Waals surface area contributed by atoms with Crippen molar-refractivity contribution in [3.8, 4) is 5.75 Å². The average molecular weight is 528 g/mol. The first kappa shape index (κ1) is 27.4. The minimum atomic E-state index is -0.764. The number of hydrogen-bond donors (Lipinski definition) is 1. The molecule has 200 valence electrons. The third kappa shape index (κ3) is 7.46. The number of nitrogens with one attached hydrogen (secondary N) is 1. The number of piperidine rings is 1. The molecule has 8 heteroatoms. The highest BCUT2D eigenvalue weighted by Gasteiger charge is 2.41. The summed E-state index contributed by atoms with van der Waals surface area (Å²) in [7, 11) is 0. The van der Waals surface area contributed by atoms with E-state index in [1.54, 1.807) is 0 Å². The Kier molecular flexibility index (Phi) is 9.11. The lowest BCUT2D eigenvalue weighted by atomic mass is 9.95. The zero-order chi connectivity index (χ0) is 26.4. The number of aryl methyl sites for hydroxylation is 2. The third-order valence-electron chi connectivity index (χ3n) is 7.22. The lowest BCUT2D eigenvalue weighted by Crippen LogP contribution is -2.57. The Bertz CT molecular complexity index is 1060. The van der Waals surface area contributed by atoms with E-state index in [2.05, 4.69) is 22.3 Å². The SMILES string of the molecule is CC(=O)NC1CCN(C(=O)CC2(COc3cc(C)c(Cl)c(C)c3)CN(Cc3ccccc3)CCO2)CC1. The highest BCUT2D eigenvalue weighted by Crippen LogP contribution is 2.30. The fourth-order valence-electron chi connectivity index (χ4n) is 5.30. The van der Waals surface area contributed by atoms with Crippen LogP contribution in [0.1, 0.15) is 42.9 Å². The molecule has 2 aliphatic rings. The molecule has 0 radical (unpaired) electrons. The molecular formula is C29H38ClN3O4. The van der Waals surface area contributed by atoms with Crippen LogP contribution in [0.3, 0.4) is 0 Å². The normalized spacial score (nSPS) is 21.0. The average Bonchev–Trinajstić information content (AvgIpc) is 2.87. The highest BCUT2D eigenvalue weighted by atomic mass is 35.5. The molecule has 2 aromatic carbocycles. The highest BCUT2D eigenvalue weighted by molar-refractivity contribution is 6.32. The van der Waals surface area contributed by atoms with E-state index >= 15 is 0 Å². The lowest BCUT2D eigenvalue weighted by Gasteiger charge is -2.43. The molecule has 2 fully saturated rings. The summed E-state index contributed by atoms with van der Waals surface area (Å²) in [6.07, 6.45) is 1.77. The monoisotopic (exact) mass is 527 g/mol. The van der Waals surface area contributed by atoms with Gasteiger partial charge in [0.2, 0.25) is 11.8 Å². The van der Waals surface area contributed by atoms with Crippen LogP contribution in [-0.4, -0.2) is 72.6 Å². The van der Waals surface area contributed by atoms with Gasteiger partial charge in [-0.1, -0.05) is 41.9 Å². The number of hydrogen-bond acceptors (Lipinski definition) is 5. The molecule has 37 heavy (non-hydrogen) atoms. The van der Waals surface area contributed by atoms with Crippen molar-refractivity contribution in [2.24, 2.45) is 0 Å². The fraction of sp³-hybridized carbons (Fsp3) is 0.517. The van der Waals surface area contributed by atoms with E-state index in [9.17, 15) is 9.59 Å². The van der Waals surface area contributed by atoms with E-state index < -0.39 is 5.60 Å². The van der Waals surface area contributed by atoms with Gasteiger partial charge in [-0.2, -0.15) is 0 Å². The summed E-state index contributed by atoms with van der Waals surface area (Å²) in [5.74, 6) is 0.767. The molecule has 4 rings (SSSR count). The molecule has 2 amide bonds. The van der Waals surface area contributed by atoms with Gasteiger partial charge in [-0.15, -0.1) is 0 Å². The van der Waals surface area contributed by atoms with Gasteiger partial charge in [0.05, 0.1) is 13.0 Å². The van der Waals surface area contributed by atoms with E-state index in [1.165, 1.54) is 12.5 Å². The molecule has 0 aliphatic carbocycles. The van der Waals surface area contributed by atoms with Crippen molar-refractivity contribution in [3.63, 3.8) is 0 Å². The maximum Gasteiger partial charge on any atom is 0.225 e. The first-order chi connectivity index (χ1) is 17.7. The Balaban J connectivity index is 1.47. The largest absolute Gasteiger partial charge is 0.490 e. The fourth-order valence-corrected chi connectivity index (χ4v) is 5.41. The lowest BCUT2D eigenvalue weighted by molar-refractivity contribution is -0.157. The predicted octanol–water partition coefficient (Wildman–Crippen LogP) is 4.12. The second-order valence-electron chi connectivity index (χ2n) is 10.4. The molecule has 1 atom stereocenters. The number of ether oxygens (including phenoxy) is 2. The van der Waals surface area contributed by atoms with Crippen molar-refractivity contribution < 1.29 is 19.1 Å². The number of benzene rings is 2. The maximum atomic E-state index is 13.5. The van der Waals surface area contributed by atoms with Crippen LogP contribution in [-0.2, 0) is 20.9 Å². The first-order valence-electron chi connectivity index (χ1n) is 13.1. The van der Waals surface area contributed by atoms with E-state index in [4.69, 9.17) is 21.1 Å². The number of morpholine rings is 1. The van der Waals surface area contributed by atoms with E-state index in [0.29, 0.717) is 26.2 Å². The van der Waals surface area contributed by atoms with Gasteiger partial charge in [-0.25, -0.2) is 0 Å². The van der Waals surface area contributed by atoms with E-state index in [-0.39, 0.29) is 30.9 Å². The zero-order valence-corrected chi connectivity index (χ0v) is 22.9. The van der Waals surface area contributed by atoms with E-state index in [1.807, 2.05) is 49.1 Å². The summed E-state index contributed by atoms with van der Waals surface area (Å²) in [5.41, 5.74) is 2.38. The van der Waals surface area contributed by atoms with E-state index in [0.717, 1.165) is 47.8 Å². The van der Waals surface area contributed by atoms with Crippen LogP contribution in [0.25, 0.3) is 0 Å². The molecule has 1 unspecified atom stereocenters. The minimum Gasteiger partial charge on any atom is -0.490 e. The van der Waals surface area contributed by atoms with Gasteiger partial charge in [0.25, 0.3) is 0 Å². The molecule has 7 nitrogen and oxygen atoms in total. The molecule has 2 aliphatic heterocycles. The summed E-state index contributed by atoms with van der Waals surface area (Å²) in [5, 5.41) is 3.71. The Labute approximate surface area is 225 Å². The third-order valence-corrected chi connectivity index (χ3v) is 7.81. The molecule has 0 aromatic heterocycles. The summed E-state index contributed by atoms with van der Waals surface area (Å²) in [6.45, 7) is 9.71. The number of likely N-dealkylation sites (tertiary alicyclic amines) is 1. The van der Waals surface area contributed by atoms with Crippen LogP contribution in [0.4, 0.5) is 0 Å². The van der Waals surface area contributed by atoms with Gasteiger partial charge in [0.15, 0.2) is 0 Å². The molecule has 0 saturated carbocycles. The molecular weight excluding hydrogens is 490 g/mol. The van der Waals surface area contributed by atoms with Gasteiger partial charge in [-0.3, -0.25) is 14.5 Å². The van der Waals surface area contributed by atoms with Crippen molar-refractivity contribution in [2.75, 3.05) is 39.4 Å². The molecule has 2 saturated heterocycles. The Hall–Kier alpha value is -2.61. The van der Waals surface area contributed by atoms with Crippen LogP contribution in [0.15, 0.2) is 42.5 Å². The molecule has 0 spiro atoms. The smallest absolute Gasteiger partial charge is 0.225 e. The molecule has 1 N–H and O–H groups in total. The van der Waals surface area contributed by atoms with Gasteiger partial charge >= 0.3 is 0 Å². The second kappa shape index (κ2) is 12.3.